The molecule has 0 bridgehead atoms. The number of rotatable bonds is 6. The third kappa shape index (κ3) is 5.00. The molecule has 0 aromatic heterocycles. The van der Waals surface area contributed by atoms with Gasteiger partial charge in [-0.3, -0.25) is 4.99 Å². The third-order valence-corrected chi connectivity index (χ3v) is 2.63. The molecule has 1 aliphatic carbocycles. The maximum Gasteiger partial charge on any atom is 0.185 e. The molecule has 1 rings (SSSR count). The van der Waals surface area contributed by atoms with Gasteiger partial charge in [-0.25, -0.2) is 4.39 Å². The summed E-state index contributed by atoms with van der Waals surface area (Å²) in [5.41, 5.74) is 10.5. The van der Waals surface area contributed by atoms with E-state index >= 15 is 0 Å². The molecule has 0 radical (unpaired) electrons. The molecule has 4 N–H and O–H groups in total. The summed E-state index contributed by atoms with van der Waals surface area (Å²) < 4.78 is 17.2. The molecule has 0 aliphatic heterocycles. The summed E-state index contributed by atoms with van der Waals surface area (Å²) in [4.78, 5) is 3.96. The largest absolute Gasteiger partial charge is 0.496 e. The molecule has 5 heteroatoms. The van der Waals surface area contributed by atoms with Gasteiger partial charge in [0.05, 0.1) is 5.76 Å². The molecule has 0 saturated carbocycles. The van der Waals surface area contributed by atoms with Gasteiger partial charge in [-0.1, -0.05) is 0 Å². The molecule has 4 nitrogen and oxygen atoms in total. The summed E-state index contributed by atoms with van der Waals surface area (Å²) in [5.74, 6) is 1.60. The molecule has 0 aromatic rings. The van der Waals surface area contributed by atoms with E-state index in [1.165, 1.54) is 0 Å². The van der Waals surface area contributed by atoms with Crippen LogP contribution in [0.4, 0.5) is 4.39 Å². The third-order valence-electron chi connectivity index (χ3n) is 2.63. The summed E-state index contributed by atoms with van der Waals surface area (Å²) in [7, 11) is 0. The van der Waals surface area contributed by atoms with Crippen LogP contribution in [-0.4, -0.2) is 25.8 Å². The fraction of sp³-hybridized carbons (Fsp3) is 0.727. The molecule has 0 spiro atoms. The maximum absolute atomic E-state index is 11.9. The van der Waals surface area contributed by atoms with Crippen LogP contribution in [0.5, 0.6) is 0 Å². The number of halogens is 1. The lowest BCUT2D eigenvalue weighted by molar-refractivity contribution is 0.162. The van der Waals surface area contributed by atoms with E-state index in [2.05, 4.69) is 4.99 Å². The van der Waals surface area contributed by atoms with Crippen LogP contribution < -0.4 is 11.5 Å². The zero-order valence-electron chi connectivity index (χ0n) is 9.49. The van der Waals surface area contributed by atoms with Crippen LogP contribution >= 0.6 is 0 Å². The van der Waals surface area contributed by atoms with E-state index in [4.69, 9.17) is 16.2 Å². The molecule has 1 atom stereocenters. The lowest BCUT2D eigenvalue weighted by Crippen LogP contribution is -2.23. The van der Waals surface area contributed by atoms with Crippen molar-refractivity contribution in [3.63, 3.8) is 0 Å². The maximum atomic E-state index is 11.9. The van der Waals surface area contributed by atoms with Gasteiger partial charge >= 0.3 is 0 Å². The average molecular weight is 229 g/mol. The first-order valence-electron chi connectivity index (χ1n) is 5.65. The van der Waals surface area contributed by atoms with Crippen molar-refractivity contribution in [1.82, 2.24) is 0 Å². The Balaban J connectivity index is 2.25. The van der Waals surface area contributed by atoms with Crippen LogP contribution in [0.15, 0.2) is 16.8 Å². The highest BCUT2D eigenvalue weighted by molar-refractivity contribution is 5.75. The normalized spacial score (nSPS) is 20.1. The minimum atomic E-state index is -0.435. The molecule has 92 valence electrons. The van der Waals surface area contributed by atoms with Crippen molar-refractivity contribution < 1.29 is 9.13 Å². The van der Waals surface area contributed by atoms with E-state index in [9.17, 15) is 4.39 Å². The summed E-state index contributed by atoms with van der Waals surface area (Å²) in [5, 5.41) is 0. The lowest BCUT2D eigenvalue weighted by Gasteiger charge is -2.22. The number of hydrogen-bond acceptors (Lipinski definition) is 2. The smallest absolute Gasteiger partial charge is 0.185 e. The van der Waals surface area contributed by atoms with Gasteiger partial charge in [-0.05, 0) is 31.3 Å². The first-order chi connectivity index (χ1) is 7.72. The highest BCUT2D eigenvalue weighted by Gasteiger charge is 2.15. The Morgan fingerprint density at radius 3 is 3.06 bits per heavy atom. The minimum absolute atomic E-state index is 0.139. The Labute approximate surface area is 95.5 Å². The second kappa shape index (κ2) is 7.09. The van der Waals surface area contributed by atoms with Gasteiger partial charge < -0.3 is 16.2 Å². The molecule has 0 fully saturated rings. The van der Waals surface area contributed by atoms with Crippen molar-refractivity contribution in [1.29, 1.82) is 0 Å². The van der Waals surface area contributed by atoms with Crippen molar-refractivity contribution in [3.05, 3.63) is 11.8 Å². The highest BCUT2D eigenvalue weighted by atomic mass is 19.1. The Morgan fingerprint density at radius 1 is 1.56 bits per heavy atom. The Bertz CT molecular complexity index is 262. The van der Waals surface area contributed by atoms with Crippen LogP contribution in [0.25, 0.3) is 0 Å². The molecule has 0 aromatic carbocycles. The van der Waals surface area contributed by atoms with Crippen LogP contribution in [-0.2, 0) is 4.74 Å². The molecule has 1 aliphatic rings. The quantitative estimate of drug-likeness (QED) is 0.533. The Hall–Kier alpha value is -1.26. The Morgan fingerprint density at radius 2 is 2.38 bits per heavy atom. The SMILES string of the molecule is NC(N)=NCCC1CCC=C(OCCF)C1. The van der Waals surface area contributed by atoms with Crippen LogP contribution in [0.3, 0.4) is 0 Å². The van der Waals surface area contributed by atoms with Gasteiger partial charge in [0.2, 0.25) is 0 Å². The van der Waals surface area contributed by atoms with Crippen LogP contribution in [0.2, 0.25) is 0 Å². The summed E-state index contributed by atoms with van der Waals surface area (Å²) >= 11 is 0. The first kappa shape index (κ1) is 12.8. The van der Waals surface area contributed by atoms with Crippen LogP contribution in [0.1, 0.15) is 25.7 Å². The topological polar surface area (TPSA) is 73.6 Å². The number of ether oxygens (including phenoxy) is 1. The van der Waals surface area contributed by atoms with E-state index in [1.54, 1.807) is 0 Å². The van der Waals surface area contributed by atoms with Crippen molar-refractivity contribution >= 4 is 5.96 Å². The fourth-order valence-electron chi connectivity index (χ4n) is 1.86. The number of alkyl halides is 1. The fourth-order valence-corrected chi connectivity index (χ4v) is 1.86. The number of nitrogens with two attached hydrogens (primary N) is 2. The molecule has 0 amide bonds. The van der Waals surface area contributed by atoms with E-state index in [-0.39, 0.29) is 12.6 Å². The molecule has 0 saturated heterocycles. The van der Waals surface area contributed by atoms with E-state index < -0.39 is 6.67 Å². The zero-order valence-corrected chi connectivity index (χ0v) is 9.49. The van der Waals surface area contributed by atoms with Crippen molar-refractivity contribution in [2.45, 2.75) is 25.7 Å². The standard InChI is InChI=1S/C11H20FN3O/c12-5-7-16-10-3-1-2-9(8-10)4-6-15-11(13)14/h3,9H,1-2,4-8H2,(H4,13,14,15). The van der Waals surface area contributed by atoms with Gasteiger partial charge in [-0.2, -0.15) is 0 Å². The summed E-state index contributed by atoms with van der Waals surface area (Å²) in [6, 6.07) is 0. The van der Waals surface area contributed by atoms with Crippen molar-refractivity contribution in [2.75, 3.05) is 19.8 Å². The minimum Gasteiger partial charge on any atom is -0.496 e. The number of guanidine groups is 1. The lowest BCUT2D eigenvalue weighted by atomic mass is 9.90. The highest BCUT2D eigenvalue weighted by Crippen LogP contribution is 2.27. The van der Waals surface area contributed by atoms with Gasteiger partial charge in [0.25, 0.3) is 0 Å². The summed E-state index contributed by atoms with van der Waals surface area (Å²) in [6.45, 7) is 0.381. The molecular formula is C11H20FN3O. The first-order valence-corrected chi connectivity index (χ1v) is 5.65. The Kier molecular flexibility index (Phi) is 5.67. The van der Waals surface area contributed by atoms with E-state index in [1.807, 2.05) is 6.08 Å². The molecular weight excluding hydrogens is 209 g/mol. The summed E-state index contributed by atoms with van der Waals surface area (Å²) in [6.07, 6.45) is 6.00. The predicted molar refractivity (Wildman–Crippen MR) is 62.6 cm³/mol. The van der Waals surface area contributed by atoms with Crippen molar-refractivity contribution in [3.8, 4) is 0 Å². The number of nitrogens with zero attached hydrogens (tertiary/aromatic N) is 1. The van der Waals surface area contributed by atoms with Crippen LogP contribution in [0, 0.1) is 5.92 Å². The number of aliphatic imine (C=N–C) groups is 1. The molecule has 16 heavy (non-hydrogen) atoms. The predicted octanol–water partition coefficient (Wildman–Crippen LogP) is 1.32. The van der Waals surface area contributed by atoms with Gasteiger partial charge in [0.15, 0.2) is 5.96 Å². The second-order valence-corrected chi connectivity index (χ2v) is 3.95. The van der Waals surface area contributed by atoms with E-state index in [0.29, 0.717) is 12.5 Å². The molecule has 1 unspecified atom stereocenters. The second-order valence-electron chi connectivity index (χ2n) is 3.95. The molecule has 0 heterocycles. The zero-order chi connectivity index (χ0) is 11.8. The van der Waals surface area contributed by atoms with Gasteiger partial charge in [-0.15, -0.1) is 0 Å². The monoisotopic (exact) mass is 229 g/mol. The van der Waals surface area contributed by atoms with Gasteiger partial charge in [0, 0.05) is 13.0 Å². The number of allylic oxidation sites excluding steroid dienone is 2. The van der Waals surface area contributed by atoms with Crippen molar-refractivity contribution in [2.24, 2.45) is 22.4 Å². The average Bonchev–Trinajstić information content (AvgIpc) is 2.26. The number of hydrogen-bond donors (Lipinski definition) is 2. The van der Waals surface area contributed by atoms with E-state index in [0.717, 1.165) is 31.4 Å². The van der Waals surface area contributed by atoms with Gasteiger partial charge in [0.1, 0.15) is 13.3 Å².